The van der Waals surface area contributed by atoms with E-state index in [1.807, 2.05) is 0 Å². The Labute approximate surface area is 122 Å². The van der Waals surface area contributed by atoms with Crippen LogP contribution in [0.3, 0.4) is 0 Å². The summed E-state index contributed by atoms with van der Waals surface area (Å²) in [6.45, 7) is 4.33. The average molecular weight is 306 g/mol. The van der Waals surface area contributed by atoms with E-state index in [2.05, 4.69) is 19.2 Å². The Morgan fingerprint density at radius 3 is 2.55 bits per heavy atom. The molecule has 0 aliphatic heterocycles. The fraction of sp³-hybridized carbons (Fsp3) is 0.600. The van der Waals surface area contributed by atoms with Gasteiger partial charge in [-0.25, -0.2) is 0 Å². The minimum absolute atomic E-state index is 0.180. The van der Waals surface area contributed by atoms with Crippen molar-refractivity contribution in [2.45, 2.75) is 45.3 Å². The second-order valence-electron chi connectivity index (χ2n) is 5.71. The second-order valence-corrected chi connectivity index (χ2v) is 6.12. The van der Waals surface area contributed by atoms with E-state index in [4.69, 9.17) is 11.6 Å². The highest BCUT2D eigenvalue weighted by Crippen LogP contribution is 2.36. The van der Waals surface area contributed by atoms with E-state index in [0.29, 0.717) is 22.5 Å². The highest BCUT2D eigenvalue weighted by Gasteiger charge is 2.32. The van der Waals surface area contributed by atoms with Crippen molar-refractivity contribution in [2.24, 2.45) is 11.8 Å². The summed E-state index contributed by atoms with van der Waals surface area (Å²) in [6.07, 6.45) is -1.10. The third-order valence-electron chi connectivity index (χ3n) is 4.34. The first kappa shape index (κ1) is 15.5. The largest absolute Gasteiger partial charge is 0.416 e. The summed E-state index contributed by atoms with van der Waals surface area (Å²) in [4.78, 5) is 0. The Balaban J connectivity index is 2.20. The van der Waals surface area contributed by atoms with Crippen LogP contribution in [0.5, 0.6) is 0 Å². The van der Waals surface area contributed by atoms with Crippen LogP contribution in [-0.2, 0) is 6.18 Å². The Morgan fingerprint density at radius 2 is 1.90 bits per heavy atom. The van der Waals surface area contributed by atoms with E-state index < -0.39 is 11.7 Å². The maximum absolute atomic E-state index is 12.7. The molecular weight excluding hydrogens is 287 g/mol. The van der Waals surface area contributed by atoms with Crippen molar-refractivity contribution >= 4 is 17.3 Å². The van der Waals surface area contributed by atoms with Gasteiger partial charge in [0.05, 0.1) is 16.3 Å². The number of nitrogens with one attached hydrogen (secondary N) is 1. The maximum atomic E-state index is 12.7. The van der Waals surface area contributed by atoms with Crippen LogP contribution in [0.4, 0.5) is 18.9 Å². The first-order chi connectivity index (χ1) is 9.29. The van der Waals surface area contributed by atoms with Gasteiger partial charge in [0, 0.05) is 6.04 Å². The predicted molar refractivity (Wildman–Crippen MR) is 76.0 cm³/mol. The zero-order valence-corrected chi connectivity index (χ0v) is 12.4. The van der Waals surface area contributed by atoms with Gasteiger partial charge in [-0.2, -0.15) is 13.2 Å². The van der Waals surface area contributed by atoms with Crippen LogP contribution in [0.1, 0.15) is 38.7 Å². The van der Waals surface area contributed by atoms with Crippen LogP contribution in [0, 0.1) is 11.8 Å². The molecule has 1 aromatic rings. The summed E-state index contributed by atoms with van der Waals surface area (Å²) in [5.41, 5.74) is -0.284. The number of hydrogen-bond acceptors (Lipinski definition) is 1. The quantitative estimate of drug-likeness (QED) is 0.750. The number of alkyl halides is 3. The van der Waals surface area contributed by atoms with Gasteiger partial charge < -0.3 is 5.32 Å². The van der Waals surface area contributed by atoms with Crippen LogP contribution in [0.25, 0.3) is 0 Å². The van der Waals surface area contributed by atoms with Crippen LogP contribution in [-0.4, -0.2) is 6.04 Å². The molecule has 0 bridgehead atoms. The normalized spacial score (nSPS) is 27.4. The molecule has 1 aliphatic rings. The lowest BCUT2D eigenvalue weighted by molar-refractivity contribution is -0.137. The number of halogens is 4. The van der Waals surface area contributed by atoms with Crippen LogP contribution in [0.15, 0.2) is 18.2 Å². The Bertz CT molecular complexity index is 473. The molecule has 1 aliphatic carbocycles. The first-order valence-corrected chi connectivity index (χ1v) is 7.30. The molecule has 0 heterocycles. The summed E-state index contributed by atoms with van der Waals surface area (Å²) in [5.74, 6) is 1.00. The molecule has 1 saturated carbocycles. The van der Waals surface area contributed by atoms with E-state index in [1.54, 1.807) is 0 Å². The highest BCUT2D eigenvalue weighted by atomic mass is 35.5. The Hall–Kier alpha value is -0.900. The lowest BCUT2D eigenvalue weighted by Crippen LogP contribution is -2.35. The number of anilines is 1. The van der Waals surface area contributed by atoms with Crippen molar-refractivity contribution < 1.29 is 13.2 Å². The molecular formula is C15H19ClF3N. The molecule has 0 radical (unpaired) electrons. The van der Waals surface area contributed by atoms with Crippen molar-refractivity contribution in [2.75, 3.05) is 5.32 Å². The van der Waals surface area contributed by atoms with E-state index >= 15 is 0 Å². The zero-order chi connectivity index (χ0) is 14.9. The van der Waals surface area contributed by atoms with Crippen molar-refractivity contribution in [3.63, 3.8) is 0 Å². The van der Waals surface area contributed by atoms with Gasteiger partial charge >= 0.3 is 6.18 Å². The second kappa shape index (κ2) is 5.84. The smallest absolute Gasteiger partial charge is 0.381 e. The summed E-state index contributed by atoms with van der Waals surface area (Å²) in [7, 11) is 0. The Morgan fingerprint density at radius 1 is 1.20 bits per heavy atom. The van der Waals surface area contributed by atoms with E-state index in [-0.39, 0.29) is 6.04 Å². The summed E-state index contributed by atoms with van der Waals surface area (Å²) < 4.78 is 38.2. The van der Waals surface area contributed by atoms with Crippen molar-refractivity contribution in [3.8, 4) is 0 Å². The molecule has 3 unspecified atom stereocenters. The minimum Gasteiger partial charge on any atom is -0.381 e. The van der Waals surface area contributed by atoms with Gasteiger partial charge in [0.25, 0.3) is 0 Å². The molecule has 2 rings (SSSR count). The molecule has 1 nitrogen and oxygen atoms in total. The van der Waals surface area contributed by atoms with Gasteiger partial charge in [-0.3, -0.25) is 0 Å². The molecule has 20 heavy (non-hydrogen) atoms. The molecule has 0 saturated heterocycles. The average Bonchev–Trinajstić information content (AvgIpc) is 2.36. The lowest BCUT2D eigenvalue weighted by Gasteiger charge is -2.35. The van der Waals surface area contributed by atoms with Crippen molar-refractivity contribution in [1.82, 2.24) is 0 Å². The molecule has 1 N–H and O–H groups in total. The van der Waals surface area contributed by atoms with Gasteiger partial charge in [-0.05, 0) is 36.5 Å². The third-order valence-corrected chi connectivity index (χ3v) is 4.67. The first-order valence-electron chi connectivity index (χ1n) is 6.92. The molecule has 1 fully saturated rings. The van der Waals surface area contributed by atoms with Crippen molar-refractivity contribution in [3.05, 3.63) is 28.8 Å². The van der Waals surface area contributed by atoms with Crippen molar-refractivity contribution in [1.29, 1.82) is 0 Å². The summed E-state index contributed by atoms with van der Waals surface area (Å²) in [5, 5.41) is 3.55. The van der Waals surface area contributed by atoms with Crippen LogP contribution < -0.4 is 5.32 Å². The Kier molecular flexibility index (Phi) is 4.52. The highest BCUT2D eigenvalue weighted by molar-refractivity contribution is 6.33. The van der Waals surface area contributed by atoms with Gasteiger partial charge in [0.1, 0.15) is 0 Å². The fourth-order valence-corrected chi connectivity index (χ4v) is 2.97. The predicted octanol–water partition coefficient (Wildman–Crippen LogP) is 5.60. The third kappa shape index (κ3) is 3.40. The van der Waals surface area contributed by atoms with E-state index in [9.17, 15) is 13.2 Å². The standard InChI is InChI=1S/C15H19ClF3N/c1-9-4-3-5-13(10(9)2)20-14-8-11(15(17,18)19)6-7-12(14)16/h6-10,13,20H,3-5H2,1-2H3. The number of hydrogen-bond donors (Lipinski definition) is 1. The van der Waals surface area contributed by atoms with Crippen LogP contribution >= 0.6 is 11.6 Å². The van der Waals surface area contributed by atoms with Gasteiger partial charge in [-0.1, -0.05) is 38.3 Å². The zero-order valence-electron chi connectivity index (χ0n) is 11.6. The van der Waals surface area contributed by atoms with Crippen LogP contribution in [0.2, 0.25) is 5.02 Å². The van der Waals surface area contributed by atoms with Gasteiger partial charge in [0.15, 0.2) is 0 Å². The lowest BCUT2D eigenvalue weighted by atomic mass is 9.78. The SMILES string of the molecule is CC1CCCC(Nc2cc(C(F)(F)F)ccc2Cl)C1C. The molecule has 0 aromatic heterocycles. The molecule has 3 atom stereocenters. The molecule has 5 heteroatoms. The fourth-order valence-electron chi connectivity index (χ4n) is 2.80. The monoisotopic (exact) mass is 305 g/mol. The molecule has 0 amide bonds. The van der Waals surface area contributed by atoms with E-state index in [0.717, 1.165) is 25.0 Å². The minimum atomic E-state index is -4.34. The summed E-state index contributed by atoms with van der Waals surface area (Å²) >= 11 is 6.02. The number of benzene rings is 1. The van der Waals surface area contributed by atoms with Gasteiger partial charge in [0.2, 0.25) is 0 Å². The molecule has 0 spiro atoms. The summed E-state index contributed by atoms with van der Waals surface area (Å²) in [6, 6.07) is 3.61. The topological polar surface area (TPSA) is 12.0 Å². The van der Waals surface area contributed by atoms with Gasteiger partial charge in [-0.15, -0.1) is 0 Å². The maximum Gasteiger partial charge on any atom is 0.416 e. The van der Waals surface area contributed by atoms with E-state index in [1.165, 1.54) is 12.5 Å². The number of rotatable bonds is 2. The molecule has 1 aromatic carbocycles. The molecule has 112 valence electrons.